The number of hydrogen-bond acceptors (Lipinski definition) is 8. The zero-order chi connectivity index (χ0) is 21.3. The van der Waals surface area contributed by atoms with E-state index >= 15 is 0 Å². The lowest BCUT2D eigenvalue weighted by Gasteiger charge is -2.04. The van der Waals surface area contributed by atoms with Crippen molar-refractivity contribution >= 4 is 17.1 Å². The average Bonchev–Trinajstić information content (AvgIpc) is 3.34. The fourth-order valence-corrected chi connectivity index (χ4v) is 3.24. The lowest BCUT2D eigenvalue weighted by Crippen LogP contribution is -2.22. The monoisotopic (exact) mass is 409 g/mol. The van der Waals surface area contributed by atoms with Crippen molar-refractivity contribution in [3.63, 3.8) is 0 Å². The number of furan rings is 1. The van der Waals surface area contributed by atoms with Gasteiger partial charge in [-0.2, -0.15) is 0 Å². The third-order valence-electron chi connectivity index (χ3n) is 4.60. The number of aromatic nitrogens is 3. The van der Waals surface area contributed by atoms with Gasteiger partial charge in [-0.05, 0) is 26.0 Å². The summed E-state index contributed by atoms with van der Waals surface area (Å²) in [5.41, 5.74) is 1.09. The van der Waals surface area contributed by atoms with Crippen molar-refractivity contribution in [1.29, 1.82) is 0 Å². The van der Waals surface area contributed by atoms with E-state index in [0.29, 0.717) is 17.2 Å². The molecule has 4 rings (SSSR count). The molecule has 0 radical (unpaired) electrons. The lowest BCUT2D eigenvalue weighted by atomic mass is 10.1. The number of benzene rings is 1. The van der Waals surface area contributed by atoms with Crippen molar-refractivity contribution in [1.82, 2.24) is 14.7 Å². The minimum absolute atomic E-state index is 0.0798. The number of esters is 1. The van der Waals surface area contributed by atoms with Crippen LogP contribution >= 0.6 is 0 Å². The third kappa shape index (κ3) is 3.34. The van der Waals surface area contributed by atoms with Crippen molar-refractivity contribution < 1.29 is 23.2 Å². The minimum atomic E-state index is -0.622. The molecule has 9 nitrogen and oxygen atoms in total. The quantitative estimate of drug-likeness (QED) is 0.447. The van der Waals surface area contributed by atoms with Gasteiger partial charge in [-0.15, -0.1) is 0 Å². The van der Waals surface area contributed by atoms with E-state index in [0.717, 1.165) is 5.56 Å². The second kappa shape index (κ2) is 7.86. The zero-order valence-corrected chi connectivity index (χ0v) is 16.7. The first-order valence-electron chi connectivity index (χ1n) is 9.28. The van der Waals surface area contributed by atoms with Crippen LogP contribution in [0.15, 0.2) is 50.4 Å². The number of carbonyl (C=O) groups excluding carboxylic acids is 1. The summed E-state index contributed by atoms with van der Waals surface area (Å²) in [6, 6.07) is 9.14. The van der Waals surface area contributed by atoms with Gasteiger partial charge in [0.25, 0.3) is 5.56 Å². The van der Waals surface area contributed by atoms with Crippen LogP contribution in [-0.4, -0.2) is 34.4 Å². The van der Waals surface area contributed by atoms with Gasteiger partial charge in [0.2, 0.25) is 5.71 Å². The molecule has 0 unspecified atom stereocenters. The number of fused-ring (bicyclic) bond motifs is 1. The predicted octanol–water partition coefficient (Wildman–Crippen LogP) is 3.19. The topological polar surface area (TPSA) is 110 Å². The Morgan fingerprint density at radius 1 is 1.27 bits per heavy atom. The van der Waals surface area contributed by atoms with Crippen LogP contribution < -0.4 is 10.3 Å². The molecule has 0 spiro atoms. The first kappa shape index (κ1) is 19.4. The number of nitrogens with zero attached hydrogens (tertiary/aromatic N) is 3. The van der Waals surface area contributed by atoms with Gasteiger partial charge in [0.15, 0.2) is 5.76 Å². The standard InChI is InChI=1S/C21H19N3O6/c1-4-28-21(26)17-12(2)29-19-18(17)20(25)24(11-22-19)10-13-9-15(23-30-13)14-7-5-6-8-16(14)27-3/h5-9,11H,4,10H2,1-3H3. The highest BCUT2D eigenvalue weighted by molar-refractivity contribution is 6.03. The minimum Gasteiger partial charge on any atom is -0.496 e. The van der Waals surface area contributed by atoms with Crippen LogP contribution in [0.2, 0.25) is 0 Å². The molecule has 30 heavy (non-hydrogen) atoms. The summed E-state index contributed by atoms with van der Waals surface area (Å²) in [6.45, 7) is 3.54. The molecule has 0 aliphatic carbocycles. The summed E-state index contributed by atoms with van der Waals surface area (Å²) in [4.78, 5) is 29.5. The van der Waals surface area contributed by atoms with Crippen LogP contribution in [0.3, 0.4) is 0 Å². The number of ether oxygens (including phenoxy) is 2. The van der Waals surface area contributed by atoms with Crippen LogP contribution in [0, 0.1) is 6.92 Å². The fraction of sp³-hybridized carbons (Fsp3) is 0.238. The van der Waals surface area contributed by atoms with Gasteiger partial charge in [0, 0.05) is 11.6 Å². The Labute approximate surface area is 170 Å². The largest absolute Gasteiger partial charge is 0.496 e. The highest BCUT2D eigenvalue weighted by Crippen LogP contribution is 2.29. The van der Waals surface area contributed by atoms with Gasteiger partial charge in [-0.3, -0.25) is 9.36 Å². The molecule has 0 fully saturated rings. The van der Waals surface area contributed by atoms with E-state index in [9.17, 15) is 9.59 Å². The highest BCUT2D eigenvalue weighted by atomic mass is 16.5. The van der Waals surface area contributed by atoms with Crippen molar-refractivity contribution in [3.05, 3.63) is 64.1 Å². The van der Waals surface area contributed by atoms with Crippen molar-refractivity contribution in [2.24, 2.45) is 0 Å². The van der Waals surface area contributed by atoms with E-state index in [2.05, 4.69) is 10.1 Å². The molecule has 0 bridgehead atoms. The summed E-state index contributed by atoms with van der Waals surface area (Å²) in [5, 5.41) is 4.16. The van der Waals surface area contributed by atoms with Gasteiger partial charge in [0.05, 0.1) is 20.3 Å². The van der Waals surface area contributed by atoms with E-state index in [1.807, 2.05) is 24.3 Å². The van der Waals surface area contributed by atoms with Crippen LogP contribution in [0.4, 0.5) is 0 Å². The number of hydrogen-bond donors (Lipinski definition) is 0. The van der Waals surface area contributed by atoms with Crippen molar-refractivity contribution in [3.8, 4) is 17.0 Å². The second-order valence-corrected chi connectivity index (χ2v) is 6.49. The van der Waals surface area contributed by atoms with E-state index in [1.54, 1.807) is 27.0 Å². The average molecular weight is 409 g/mol. The lowest BCUT2D eigenvalue weighted by molar-refractivity contribution is 0.0526. The molecule has 0 atom stereocenters. The number of para-hydroxylation sites is 1. The maximum absolute atomic E-state index is 13.0. The maximum Gasteiger partial charge on any atom is 0.342 e. The second-order valence-electron chi connectivity index (χ2n) is 6.49. The summed E-state index contributed by atoms with van der Waals surface area (Å²) >= 11 is 0. The highest BCUT2D eigenvalue weighted by Gasteiger charge is 2.24. The molecule has 154 valence electrons. The van der Waals surface area contributed by atoms with E-state index in [1.165, 1.54) is 10.9 Å². The van der Waals surface area contributed by atoms with E-state index < -0.39 is 11.5 Å². The number of carbonyl (C=O) groups is 1. The molecule has 0 aliphatic rings. The molecule has 3 heterocycles. The van der Waals surface area contributed by atoms with Crippen molar-refractivity contribution in [2.45, 2.75) is 20.4 Å². The fourth-order valence-electron chi connectivity index (χ4n) is 3.24. The molecule has 1 aromatic carbocycles. The van der Waals surface area contributed by atoms with Crippen LogP contribution in [0.1, 0.15) is 28.8 Å². The summed E-state index contributed by atoms with van der Waals surface area (Å²) in [6.07, 6.45) is 1.34. The Bertz CT molecular complexity index is 1280. The molecule has 4 aromatic rings. The van der Waals surface area contributed by atoms with Gasteiger partial charge < -0.3 is 18.4 Å². The molecular formula is C21H19N3O6. The van der Waals surface area contributed by atoms with E-state index in [-0.39, 0.29) is 35.6 Å². The van der Waals surface area contributed by atoms with Gasteiger partial charge in [-0.25, -0.2) is 9.78 Å². The summed E-state index contributed by atoms with van der Waals surface area (Å²) in [7, 11) is 1.58. The summed E-state index contributed by atoms with van der Waals surface area (Å²) in [5.74, 6) is 0.759. The Kier molecular flexibility index (Phi) is 5.09. The Hall–Kier alpha value is -3.88. The first-order valence-corrected chi connectivity index (χ1v) is 9.28. The SMILES string of the molecule is CCOC(=O)c1c(C)oc2ncn(Cc3cc(-c4ccccc4OC)no3)c(=O)c12. The van der Waals surface area contributed by atoms with E-state index in [4.69, 9.17) is 18.4 Å². The molecule has 0 aliphatic heterocycles. The van der Waals surface area contributed by atoms with Crippen LogP contribution in [0.5, 0.6) is 5.75 Å². The first-order chi connectivity index (χ1) is 14.5. The Balaban J connectivity index is 1.71. The molecular weight excluding hydrogens is 390 g/mol. The van der Waals surface area contributed by atoms with Crippen LogP contribution in [-0.2, 0) is 11.3 Å². The third-order valence-corrected chi connectivity index (χ3v) is 4.60. The van der Waals surface area contributed by atoms with Crippen LogP contribution in [0.25, 0.3) is 22.4 Å². The number of aryl methyl sites for hydroxylation is 1. The summed E-state index contributed by atoms with van der Waals surface area (Å²) < 4.78 is 22.6. The molecule has 0 amide bonds. The predicted molar refractivity (Wildman–Crippen MR) is 107 cm³/mol. The van der Waals surface area contributed by atoms with Gasteiger partial charge in [0.1, 0.15) is 34.5 Å². The number of methoxy groups -OCH3 is 1. The normalized spacial score (nSPS) is 11.0. The molecule has 0 saturated heterocycles. The smallest absolute Gasteiger partial charge is 0.342 e. The number of rotatable bonds is 6. The van der Waals surface area contributed by atoms with Crippen molar-refractivity contribution in [2.75, 3.05) is 13.7 Å². The zero-order valence-electron chi connectivity index (χ0n) is 16.7. The Morgan fingerprint density at radius 3 is 2.83 bits per heavy atom. The van der Waals surface area contributed by atoms with Gasteiger partial charge in [-0.1, -0.05) is 17.3 Å². The molecule has 0 N–H and O–H groups in total. The molecule has 9 heteroatoms. The molecule has 3 aromatic heterocycles. The molecule has 0 saturated carbocycles. The maximum atomic E-state index is 13.0. The van der Waals surface area contributed by atoms with Gasteiger partial charge >= 0.3 is 5.97 Å². The Morgan fingerprint density at radius 2 is 2.07 bits per heavy atom.